The van der Waals surface area contributed by atoms with Gasteiger partial charge in [-0.3, -0.25) is 9.59 Å². The highest BCUT2D eigenvalue weighted by atomic mass is 16.5. The van der Waals surface area contributed by atoms with Crippen LogP contribution in [0, 0.1) is 39.4 Å². The number of nitroso groups, excluding NO2 is 1. The molecular weight excluding hydrogens is 356 g/mol. The Labute approximate surface area is 167 Å². The van der Waals surface area contributed by atoms with Crippen molar-refractivity contribution in [2.45, 2.75) is 83.8 Å². The quantitative estimate of drug-likeness (QED) is 0.584. The van der Waals surface area contributed by atoms with Crippen LogP contribution in [0.4, 0.5) is 0 Å². The molecule has 4 saturated carbocycles. The highest BCUT2D eigenvalue weighted by Crippen LogP contribution is 2.66. The minimum absolute atomic E-state index is 0.0469. The van der Waals surface area contributed by atoms with Gasteiger partial charge in [-0.25, -0.2) is 0 Å². The zero-order valence-corrected chi connectivity index (χ0v) is 17.2. The third-order valence-corrected chi connectivity index (χ3v) is 9.12. The van der Waals surface area contributed by atoms with Crippen molar-refractivity contribution in [3.63, 3.8) is 0 Å². The topological polar surface area (TPSA) is 98.8 Å². The first-order valence-corrected chi connectivity index (χ1v) is 11.1. The molecule has 4 fully saturated rings. The van der Waals surface area contributed by atoms with Gasteiger partial charge in [0.15, 0.2) is 0 Å². The number of Topliss-reactive ketones (excluding diaryl/α,β-unsaturated/α-hetero) is 1. The van der Waals surface area contributed by atoms with Gasteiger partial charge in [0, 0.05) is 18.4 Å². The predicted molar refractivity (Wildman–Crippen MR) is 105 cm³/mol. The van der Waals surface area contributed by atoms with Crippen LogP contribution in [0.25, 0.3) is 0 Å². The number of ketones is 1. The molecule has 4 rings (SSSR count). The lowest BCUT2D eigenvalue weighted by atomic mass is 9.44. The Balaban J connectivity index is 1.56. The Kier molecular flexibility index (Phi) is 5.13. The number of nitrogens with zero attached hydrogens (tertiary/aromatic N) is 1. The lowest BCUT2D eigenvalue weighted by Gasteiger charge is -2.61. The van der Waals surface area contributed by atoms with Crippen molar-refractivity contribution in [2.75, 3.05) is 6.54 Å². The van der Waals surface area contributed by atoms with E-state index >= 15 is 0 Å². The fourth-order valence-corrected chi connectivity index (χ4v) is 7.62. The maximum absolute atomic E-state index is 12.6. The van der Waals surface area contributed by atoms with E-state index in [9.17, 15) is 14.5 Å². The van der Waals surface area contributed by atoms with Gasteiger partial charge in [0.05, 0.1) is 12.5 Å². The van der Waals surface area contributed by atoms with Gasteiger partial charge in [0.25, 0.3) is 0 Å². The minimum atomic E-state index is -0.238. The summed E-state index contributed by atoms with van der Waals surface area (Å²) < 4.78 is 5.65. The highest BCUT2D eigenvalue weighted by Gasteiger charge is 2.62. The molecule has 0 spiro atoms. The Bertz CT molecular complexity index is 667. The predicted octanol–water partition coefficient (Wildman–Crippen LogP) is 3.60. The number of hydrogen-bond acceptors (Lipinski definition) is 6. The fourth-order valence-electron chi connectivity index (χ4n) is 7.62. The number of carbonyl (C=O) groups is 2. The molecular formula is C22H34N2O4. The van der Waals surface area contributed by atoms with Gasteiger partial charge in [-0.1, -0.05) is 19.0 Å². The number of nitrogens with two attached hydrogens (primary N) is 1. The van der Waals surface area contributed by atoms with Crippen LogP contribution in [0.1, 0.15) is 71.6 Å². The molecule has 0 amide bonds. The molecule has 6 nitrogen and oxygen atoms in total. The summed E-state index contributed by atoms with van der Waals surface area (Å²) in [7, 11) is 0. The van der Waals surface area contributed by atoms with Crippen molar-refractivity contribution >= 4 is 11.8 Å². The largest absolute Gasteiger partial charge is 0.462 e. The minimum Gasteiger partial charge on any atom is -0.462 e. The van der Waals surface area contributed by atoms with Crippen molar-refractivity contribution < 1.29 is 14.3 Å². The maximum Gasteiger partial charge on any atom is 0.307 e. The lowest BCUT2D eigenvalue weighted by Crippen LogP contribution is -2.58. The number of esters is 1. The van der Waals surface area contributed by atoms with Crippen LogP contribution >= 0.6 is 0 Å². The average Bonchev–Trinajstić information content (AvgIpc) is 2.97. The normalized spacial score (nSPS) is 47.6. The van der Waals surface area contributed by atoms with Crippen LogP contribution in [0.2, 0.25) is 0 Å². The van der Waals surface area contributed by atoms with E-state index in [0.717, 1.165) is 44.9 Å². The average molecular weight is 391 g/mol. The lowest BCUT2D eigenvalue weighted by molar-refractivity contribution is -0.164. The monoisotopic (exact) mass is 390 g/mol. The van der Waals surface area contributed by atoms with Gasteiger partial charge in [-0.05, 0) is 74.0 Å². The Morgan fingerprint density at radius 2 is 1.93 bits per heavy atom. The van der Waals surface area contributed by atoms with Gasteiger partial charge in [-0.2, -0.15) is 4.91 Å². The molecule has 8 atom stereocenters. The number of rotatable bonds is 4. The molecule has 28 heavy (non-hydrogen) atoms. The summed E-state index contributed by atoms with van der Waals surface area (Å²) in [5.41, 5.74) is 5.32. The van der Waals surface area contributed by atoms with E-state index < -0.39 is 0 Å². The first kappa shape index (κ1) is 20.0. The first-order valence-electron chi connectivity index (χ1n) is 11.1. The summed E-state index contributed by atoms with van der Waals surface area (Å²) in [5, 5.41) is 3.58. The summed E-state index contributed by atoms with van der Waals surface area (Å²) in [6.07, 6.45) is 7.17. The van der Waals surface area contributed by atoms with Crippen LogP contribution in [-0.4, -0.2) is 30.4 Å². The molecule has 4 aliphatic carbocycles. The Hall–Kier alpha value is -1.30. The van der Waals surface area contributed by atoms with Crippen molar-refractivity contribution in [1.29, 1.82) is 0 Å². The molecule has 0 aromatic heterocycles. The first-order chi connectivity index (χ1) is 13.3. The standard InChI is InChI=1S/C22H34N2O4/c1-21-8-5-13(28-20(26)7-10-23)11-17(21)18(24-27)12-14-15-3-4-19(25)22(15,2)9-6-16(14)21/h13-18H,3-12,23H2,1-2H3/t13-,14-,15-,16-,17?,18?,21+,22-/m0/s1. The fraction of sp³-hybridized carbons (Fsp3) is 0.909. The van der Waals surface area contributed by atoms with E-state index in [0.29, 0.717) is 36.5 Å². The van der Waals surface area contributed by atoms with Gasteiger partial charge >= 0.3 is 5.97 Å². The van der Waals surface area contributed by atoms with Gasteiger partial charge < -0.3 is 10.5 Å². The molecule has 0 saturated heterocycles. The van der Waals surface area contributed by atoms with E-state index in [2.05, 4.69) is 19.0 Å². The molecule has 0 heterocycles. The third kappa shape index (κ3) is 2.94. The van der Waals surface area contributed by atoms with Crippen molar-refractivity contribution in [1.82, 2.24) is 0 Å². The van der Waals surface area contributed by atoms with E-state index in [1.54, 1.807) is 0 Å². The van der Waals surface area contributed by atoms with Crippen LogP contribution < -0.4 is 5.73 Å². The smallest absolute Gasteiger partial charge is 0.307 e. The van der Waals surface area contributed by atoms with Gasteiger partial charge in [0.1, 0.15) is 11.9 Å². The van der Waals surface area contributed by atoms with Gasteiger partial charge in [0.2, 0.25) is 0 Å². The van der Waals surface area contributed by atoms with Crippen LogP contribution in [0.15, 0.2) is 5.18 Å². The summed E-state index contributed by atoms with van der Waals surface area (Å²) in [6.45, 7) is 4.80. The molecule has 4 aliphatic rings. The number of carbonyl (C=O) groups excluding carboxylic acids is 2. The molecule has 156 valence electrons. The zero-order chi connectivity index (χ0) is 20.1. The van der Waals surface area contributed by atoms with Crippen molar-refractivity contribution in [3.8, 4) is 0 Å². The number of ether oxygens (including phenoxy) is 1. The number of fused-ring (bicyclic) bond motifs is 5. The molecule has 2 unspecified atom stereocenters. The van der Waals surface area contributed by atoms with E-state index in [-0.39, 0.29) is 41.3 Å². The number of hydrogen-bond donors (Lipinski definition) is 1. The Morgan fingerprint density at radius 1 is 1.14 bits per heavy atom. The van der Waals surface area contributed by atoms with Gasteiger partial charge in [-0.15, -0.1) is 0 Å². The molecule has 6 heteroatoms. The SMILES string of the molecule is C[C@]12CC[C@H](OC(=O)CCN)CC1C(N=O)C[C@@H]1[C@@H]2CC[C@]2(C)C(=O)CC[C@@H]12. The van der Waals surface area contributed by atoms with Crippen LogP contribution in [0.5, 0.6) is 0 Å². The van der Waals surface area contributed by atoms with E-state index in [1.807, 2.05) is 0 Å². The van der Waals surface area contributed by atoms with Crippen LogP contribution in [0.3, 0.4) is 0 Å². The molecule has 0 radical (unpaired) electrons. The Morgan fingerprint density at radius 3 is 2.64 bits per heavy atom. The molecule has 0 aliphatic heterocycles. The second-order valence-electron chi connectivity index (χ2n) is 10.2. The summed E-state index contributed by atoms with van der Waals surface area (Å²) in [6, 6.07) is -0.236. The second kappa shape index (κ2) is 7.19. The zero-order valence-electron chi connectivity index (χ0n) is 17.2. The highest BCUT2D eigenvalue weighted by molar-refractivity contribution is 5.87. The van der Waals surface area contributed by atoms with E-state index in [1.165, 1.54) is 0 Å². The summed E-state index contributed by atoms with van der Waals surface area (Å²) in [5.74, 6) is 1.72. The van der Waals surface area contributed by atoms with Crippen molar-refractivity contribution in [3.05, 3.63) is 4.91 Å². The molecule has 0 aromatic carbocycles. The molecule has 2 N–H and O–H groups in total. The molecule has 0 bridgehead atoms. The maximum atomic E-state index is 12.6. The summed E-state index contributed by atoms with van der Waals surface area (Å²) >= 11 is 0. The van der Waals surface area contributed by atoms with Crippen molar-refractivity contribution in [2.24, 2.45) is 45.4 Å². The molecule has 0 aromatic rings. The van der Waals surface area contributed by atoms with Crippen LogP contribution in [-0.2, 0) is 14.3 Å². The second-order valence-corrected chi connectivity index (χ2v) is 10.2. The third-order valence-electron chi connectivity index (χ3n) is 9.12. The van der Waals surface area contributed by atoms with E-state index in [4.69, 9.17) is 10.5 Å². The summed E-state index contributed by atoms with van der Waals surface area (Å²) in [4.78, 5) is 36.3.